The molecule has 0 bridgehead atoms. The van der Waals surface area contributed by atoms with Crippen LogP contribution in [0, 0.1) is 0 Å². The van der Waals surface area contributed by atoms with Crippen LogP contribution in [-0.2, 0) is 19.2 Å². The van der Waals surface area contributed by atoms with E-state index in [-0.39, 0.29) is 18.7 Å². The maximum atomic E-state index is 13.0. The number of aliphatic carboxylic acids is 1. The van der Waals surface area contributed by atoms with E-state index in [2.05, 4.69) is 28.1 Å². The Balaban J connectivity index is 0.00000103. The Labute approximate surface area is 277 Å². The number of carboxylic acid groups (broad SMARTS) is 1. The first-order valence-electron chi connectivity index (χ1n) is 14.8. The summed E-state index contributed by atoms with van der Waals surface area (Å²) in [6.45, 7) is 2.74. The summed E-state index contributed by atoms with van der Waals surface area (Å²) in [7, 11) is 0. The van der Waals surface area contributed by atoms with Gasteiger partial charge in [0.1, 0.15) is 12.0 Å². The Morgan fingerprint density at radius 1 is 0.896 bits per heavy atom. The normalized spacial score (nSPS) is 16.5. The van der Waals surface area contributed by atoms with Crippen LogP contribution in [-0.4, -0.2) is 92.1 Å². The third-order valence-electron chi connectivity index (χ3n) is 7.09. The number of hydrogen-bond donors (Lipinski definition) is 4. The molecule has 1 saturated heterocycles. The first kappa shape index (κ1) is 40.1. The van der Waals surface area contributed by atoms with E-state index in [1.165, 1.54) is 10.5 Å². The molecule has 3 rings (SSSR count). The number of ketones is 1. The smallest absolute Gasteiger partial charge is 0.450 e. The maximum absolute atomic E-state index is 13.0. The molecule has 0 radical (unpaired) electrons. The molecule has 2 aromatic rings. The Bertz CT molecular complexity index is 1350. The number of alkyl halides is 6. The summed E-state index contributed by atoms with van der Waals surface area (Å²) in [4.78, 5) is 59.0. The SMILES string of the molecule is O=C(CNC(=O)c1ccccc1)N[C@@H](CCCSCC(=O)C(F)(F)F)C(=O)NCC[NH+]1CCC(c2ccccc2)C1.O=C([O-])C(F)(F)F. The van der Waals surface area contributed by atoms with Crippen molar-refractivity contribution in [2.24, 2.45) is 0 Å². The summed E-state index contributed by atoms with van der Waals surface area (Å²) in [6, 6.07) is 17.7. The number of likely N-dealkylation sites (tertiary alicyclic amines) is 1. The van der Waals surface area contributed by atoms with Crippen molar-refractivity contribution >= 4 is 41.2 Å². The van der Waals surface area contributed by atoms with Crippen molar-refractivity contribution in [2.45, 2.75) is 43.6 Å². The van der Waals surface area contributed by atoms with Crippen molar-refractivity contribution in [1.29, 1.82) is 0 Å². The van der Waals surface area contributed by atoms with Gasteiger partial charge in [0.05, 0.1) is 38.5 Å². The molecule has 3 amide bonds. The van der Waals surface area contributed by atoms with Crippen LogP contribution in [0.25, 0.3) is 0 Å². The monoisotopic (exact) mass is 706 g/mol. The summed E-state index contributed by atoms with van der Waals surface area (Å²) < 4.78 is 68.8. The molecule has 10 nitrogen and oxygen atoms in total. The minimum absolute atomic E-state index is 0.171. The molecule has 1 aliphatic rings. The zero-order valence-corrected chi connectivity index (χ0v) is 26.4. The van der Waals surface area contributed by atoms with Crippen molar-refractivity contribution in [2.75, 3.05) is 44.2 Å². The fourth-order valence-corrected chi connectivity index (χ4v) is 5.52. The zero-order valence-electron chi connectivity index (χ0n) is 25.6. The molecular formula is C31H36F6N4O6S. The van der Waals surface area contributed by atoms with Gasteiger partial charge in [-0.3, -0.25) is 19.2 Å². The van der Waals surface area contributed by atoms with Crippen molar-refractivity contribution in [1.82, 2.24) is 16.0 Å². The number of carbonyl (C=O) groups excluding carboxylic acids is 5. The second-order valence-corrected chi connectivity index (χ2v) is 11.8. The molecule has 4 N–H and O–H groups in total. The van der Waals surface area contributed by atoms with Crippen LogP contribution in [0.1, 0.15) is 41.1 Å². The van der Waals surface area contributed by atoms with Crippen LogP contribution < -0.4 is 26.0 Å². The van der Waals surface area contributed by atoms with E-state index in [9.17, 15) is 45.5 Å². The summed E-state index contributed by atoms with van der Waals surface area (Å²) >= 11 is 0.831. The van der Waals surface area contributed by atoms with E-state index < -0.39 is 53.6 Å². The minimum Gasteiger partial charge on any atom is -0.542 e. The van der Waals surface area contributed by atoms with Gasteiger partial charge in [0.15, 0.2) is 0 Å². The first-order chi connectivity index (χ1) is 22.6. The van der Waals surface area contributed by atoms with Gasteiger partial charge in [-0.2, -0.15) is 38.1 Å². The Kier molecular flexibility index (Phi) is 16.4. The van der Waals surface area contributed by atoms with Gasteiger partial charge >= 0.3 is 12.4 Å². The molecule has 1 heterocycles. The standard InChI is InChI=1S/C29H35F3N4O4S.C2HF3O2/c30-29(31,32)25(37)20-41-17-7-12-24(35-26(38)18-34-27(39)22-10-5-2-6-11-22)28(40)33-14-16-36-15-13-23(19-36)21-8-3-1-4-9-21;3-2(4,5)1(6)7/h1-6,8-11,23-24H,7,12-20H2,(H,33,40)(H,34,39)(H,35,38);(H,6,7)/t23?,24-;/m0./s1. The number of quaternary nitrogens is 1. The Morgan fingerprint density at radius 3 is 2.08 bits per heavy atom. The quantitative estimate of drug-likeness (QED) is 0.160. The molecule has 1 fully saturated rings. The number of nitrogens with one attached hydrogen (secondary N) is 4. The Hall–Kier alpha value is -4.12. The molecule has 264 valence electrons. The van der Waals surface area contributed by atoms with Gasteiger partial charge in [-0.25, -0.2) is 0 Å². The molecule has 48 heavy (non-hydrogen) atoms. The molecule has 0 spiro atoms. The van der Waals surface area contributed by atoms with Crippen molar-refractivity contribution in [3.8, 4) is 0 Å². The van der Waals surface area contributed by atoms with E-state index in [0.717, 1.165) is 37.8 Å². The van der Waals surface area contributed by atoms with E-state index in [1.807, 2.05) is 18.2 Å². The molecule has 2 unspecified atom stereocenters. The van der Waals surface area contributed by atoms with E-state index in [0.29, 0.717) is 24.4 Å². The summed E-state index contributed by atoms with van der Waals surface area (Å²) in [5.74, 6) is -6.22. The molecule has 0 aliphatic carbocycles. The number of hydrogen-bond acceptors (Lipinski definition) is 7. The predicted molar refractivity (Wildman–Crippen MR) is 162 cm³/mol. The molecule has 2 aromatic carbocycles. The summed E-state index contributed by atoms with van der Waals surface area (Å²) in [5.41, 5.74) is 1.70. The van der Waals surface area contributed by atoms with E-state index in [1.54, 1.807) is 30.3 Å². The third-order valence-corrected chi connectivity index (χ3v) is 8.13. The highest BCUT2D eigenvalue weighted by atomic mass is 32.2. The number of thioether (sulfide) groups is 1. The average molecular weight is 707 g/mol. The van der Waals surface area contributed by atoms with Crippen LogP contribution in [0.5, 0.6) is 0 Å². The molecular weight excluding hydrogens is 670 g/mol. The number of amides is 3. The average Bonchev–Trinajstić information content (AvgIpc) is 3.52. The molecule has 17 heteroatoms. The Morgan fingerprint density at radius 2 is 1.50 bits per heavy atom. The van der Waals surface area contributed by atoms with Gasteiger partial charge < -0.3 is 30.8 Å². The van der Waals surface area contributed by atoms with Gasteiger partial charge in [-0.05, 0) is 36.3 Å². The maximum Gasteiger partial charge on any atom is 0.450 e. The number of carboxylic acids is 1. The number of carbonyl (C=O) groups is 5. The van der Waals surface area contributed by atoms with Crippen LogP contribution in [0.4, 0.5) is 26.3 Å². The van der Waals surface area contributed by atoms with Crippen LogP contribution in [0.15, 0.2) is 60.7 Å². The highest BCUT2D eigenvalue weighted by molar-refractivity contribution is 7.99. The second kappa shape index (κ2) is 19.6. The lowest BCUT2D eigenvalue weighted by molar-refractivity contribution is -0.886. The molecule has 3 atom stereocenters. The first-order valence-corrected chi connectivity index (χ1v) is 16.0. The molecule has 1 aliphatic heterocycles. The predicted octanol–water partition coefficient (Wildman–Crippen LogP) is 1.03. The lowest BCUT2D eigenvalue weighted by Crippen LogP contribution is -3.11. The van der Waals surface area contributed by atoms with Gasteiger partial charge in [0.2, 0.25) is 17.6 Å². The van der Waals surface area contributed by atoms with Gasteiger partial charge in [-0.1, -0.05) is 48.5 Å². The third kappa shape index (κ3) is 15.2. The highest BCUT2D eigenvalue weighted by Gasteiger charge is 2.37. The lowest BCUT2D eigenvalue weighted by atomic mass is 9.99. The van der Waals surface area contributed by atoms with Crippen LogP contribution >= 0.6 is 11.8 Å². The molecule has 0 saturated carbocycles. The van der Waals surface area contributed by atoms with Crippen molar-refractivity contribution < 1.29 is 60.3 Å². The fraction of sp³-hybridized carbons (Fsp3) is 0.452. The van der Waals surface area contributed by atoms with Crippen LogP contribution in [0.3, 0.4) is 0 Å². The lowest BCUT2D eigenvalue weighted by Gasteiger charge is -2.20. The van der Waals surface area contributed by atoms with Gasteiger partial charge in [0.25, 0.3) is 5.91 Å². The number of rotatable bonds is 15. The van der Waals surface area contributed by atoms with E-state index >= 15 is 0 Å². The zero-order chi connectivity index (χ0) is 35.7. The van der Waals surface area contributed by atoms with Crippen LogP contribution in [0.2, 0.25) is 0 Å². The number of halogens is 6. The number of Topliss-reactive ketones (excluding diaryl/α,β-unsaturated/α-hetero) is 1. The molecule has 0 aromatic heterocycles. The van der Waals surface area contributed by atoms with Gasteiger partial charge in [0, 0.05) is 17.9 Å². The van der Waals surface area contributed by atoms with E-state index in [4.69, 9.17) is 9.90 Å². The van der Waals surface area contributed by atoms with Crippen molar-refractivity contribution in [3.05, 3.63) is 71.8 Å². The minimum atomic E-state index is -5.19. The topological polar surface area (TPSA) is 149 Å². The van der Waals surface area contributed by atoms with Gasteiger partial charge in [-0.15, -0.1) is 0 Å². The fourth-order valence-electron chi connectivity index (χ4n) is 4.66. The largest absolute Gasteiger partial charge is 0.542 e. The second-order valence-electron chi connectivity index (χ2n) is 10.7. The highest BCUT2D eigenvalue weighted by Crippen LogP contribution is 2.20. The summed E-state index contributed by atoms with van der Waals surface area (Å²) in [6.07, 6.45) is -8.52. The van der Waals surface area contributed by atoms with Crippen molar-refractivity contribution in [3.63, 3.8) is 0 Å². The summed E-state index contributed by atoms with van der Waals surface area (Å²) in [5, 5.41) is 16.8. The number of benzene rings is 2.